The molecule has 2 rings (SSSR count). The molecule has 0 aliphatic carbocycles. The number of guanidine groups is 1. The molecule has 0 radical (unpaired) electrons. The highest BCUT2D eigenvalue weighted by Crippen LogP contribution is 2.21. The van der Waals surface area contributed by atoms with Gasteiger partial charge in [-0.15, -0.1) is 24.0 Å². The first-order valence-electron chi connectivity index (χ1n) is 9.58. The predicted octanol–water partition coefficient (Wildman–Crippen LogP) is 1.90. The number of carbonyl (C=O) groups excluding carboxylic acids is 1. The van der Waals surface area contributed by atoms with Gasteiger partial charge in [0.05, 0.1) is 0 Å². The number of likely N-dealkylation sites (tertiary alicyclic amines) is 2. The Balaban J connectivity index is 0.00000312. The normalized spacial score (nSPS) is 23.1. The van der Waals surface area contributed by atoms with E-state index in [-0.39, 0.29) is 29.9 Å². The Kier molecular flexibility index (Phi) is 10.7. The van der Waals surface area contributed by atoms with Crippen molar-refractivity contribution in [3.8, 4) is 0 Å². The van der Waals surface area contributed by atoms with Gasteiger partial charge >= 0.3 is 0 Å². The first-order chi connectivity index (χ1) is 11.7. The molecule has 146 valence electrons. The zero-order chi connectivity index (χ0) is 17.4. The van der Waals surface area contributed by atoms with Gasteiger partial charge < -0.3 is 15.5 Å². The van der Waals surface area contributed by atoms with Gasteiger partial charge in [-0.1, -0.05) is 13.3 Å². The number of rotatable bonds is 5. The Morgan fingerprint density at radius 2 is 1.88 bits per heavy atom. The van der Waals surface area contributed by atoms with Crippen LogP contribution in [0.5, 0.6) is 0 Å². The van der Waals surface area contributed by atoms with Crippen LogP contribution in [0.1, 0.15) is 45.4 Å². The maximum Gasteiger partial charge on any atom is 0.220 e. The Morgan fingerprint density at radius 3 is 2.48 bits per heavy atom. The number of nitrogens with zero attached hydrogens (tertiary/aromatic N) is 3. The van der Waals surface area contributed by atoms with Gasteiger partial charge in [0.15, 0.2) is 5.96 Å². The fraction of sp³-hybridized carbons (Fsp3) is 0.889. The van der Waals surface area contributed by atoms with Crippen LogP contribution in [0.25, 0.3) is 0 Å². The summed E-state index contributed by atoms with van der Waals surface area (Å²) in [5.41, 5.74) is 0. The molecular formula is C18H36IN5O. The van der Waals surface area contributed by atoms with Crippen LogP contribution in [0, 0.1) is 5.92 Å². The van der Waals surface area contributed by atoms with Crippen LogP contribution in [-0.2, 0) is 4.79 Å². The molecule has 0 aromatic rings. The molecule has 2 N–H and O–H groups in total. The van der Waals surface area contributed by atoms with E-state index >= 15 is 0 Å². The van der Waals surface area contributed by atoms with Crippen molar-refractivity contribution in [2.45, 2.75) is 51.5 Å². The van der Waals surface area contributed by atoms with Crippen LogP contribution < -0.4 is 10.6 Å². The summed E-state index contributed by atoms with van der Waals surface area (Å²) >= 11 is 0. The van der Waals surface area contributed by atoms with E-state index in [9.17, 15) is 4.79 Å². The van der Waals surface area contributed by atoms with Crippen LogP contribution >= 0.6 is 24.0 Å². The number of hydrogen-bond donors (Lipinski definition) is 2. The molecular weight excluding hydrogens is 429 g/mol. The average molecular weight is 465 g/mol. The van der Waals surface area contributed by atoms with E-state index in [4.69, 9.17) is 0 Å². The molecule has 1 unspecified atom stereocenters. The van der Waals surface area contributed by atoms with Gasteiger partial charge in [0.2, 0.25) is 5.91 Å². The van der Waals surface area contributed by atoms with E-state index in [0.717, 1.165) is 45.0 Å². The van der Waals surface area contributed by atoms with Gasteiger partial charge in [0.25, 0.3) is 0 Å². The Labute approximate surface area is 170 Å². The summed E-state index contributed by atoms with van der Waals surface area (Å²) in [5, 5.41) is 6.33. The molecule has 0 spiro atoms. The van der Waals surface area contributed by atoms with E-state index in [0.29, 0.717) is 18.4 Å². The number of amides is 1. The highest BCUT2D eigenvalue weighted by molar-refractivity contribution is 14.0. The first kappa shape index (κ1) is 22.5. The minimum absolute atomic E-state index is 0. The number of carbonyl (C=O) groups is 1. The van der Waals surface area contributed by atoms with Gasteiger partial charge in [-0.05, 0) is 44.7 Å². The van der Waals surface area contributed by atoms with E-state index < -0.39 is 0 Å². The number of nitrogens with one attached hydrogen (secondary N) is 2. The number of hydrogen-bond acceptors (Lipinski definition) is 3. The van der Waals surface area contributed by atoms with Crippen LogP contribution in [0.4, 0.5) is 0 Å². The highest BCUT2D eigenvalue weighted by atomic mass is 127. The molecule has 0 aromatic heterocycles. The van der Waals surface area contributed by atoms with Crippen LogP contribution in [-0.4, -0.2) is 74.5 Å². The van der Waals surface area contributed by atoms with Crippen molar-refractivity contribution in [2.75, 3.05) is 46.8 Å². The molecule has 2 aliphatic heterocycles. The Bertz CT molecular complexity index is 424. The summed E-state index contributed by atoms with van der Waals surface area (Å²) in [5.74, 6) is 1.69. The number of aliphatic imine (C=N–C) groups is 1. The summed E-state index contributed by atoms with van der Waals surface area (Å²) in [7, 11) is 3.59. The van der Waals surface area contributed by atoms with Crippen molar-refractivity contribution in [2.24, 2.45) is 10.9 Å². The van der Waals surface area contributed by atoms with E-state index in [1.54, 1.807) is 7.05 Å². The number of piperidine rings is 2. The maximum atomic E-state index is 11.5. The van der Waals surface area contributed by atoms with Gasteiger partial charge in [-0.25, -0.2) is 0 Å². The third-order valence-corrected chi connectivity index (χ3v) is 5.53. The van der Waals surface area contributed by atoms with Crippen LogP contribution in [0.15, 0.2) is 4.99 Å². The van der Waals surface area contributed by atoms with Gasteiger partial charge in [-0.3, -0.25) is 14.7 Å². The second kappa shape index (κ2) is 11.9. The van der Waals surface area contributed by atoms with Crippen molar-refractivity contribution in [1.82, 2.24) is 20.4 Å². The van der Waals surface area contributed by atoms with Crippen molar-refractivity contribution in [1.29, 1.82) is 0 Å². The van der Waals surface area contributed by atoms with E-state index in [2.05, 4.69) is 32.3 Å². The fourth-order valence-corrected chi connectivity index (χ4v) is 3.96. The molecule has 7 heteroatoms. The summed E-state index contributed by atoms with van der Waals surface area (Å²) < 4.78 is 0. The molecule has 25 heavy (non-hydrogen) atoms. The molecule has 2 aliphatic rings. The molecule has 0 saturated carbocycles. The molecule has 6 nitrogen and oxygen atoms in total. The topological polar surface area (TPSA) is 60.0 Å². The smallest absolute Gasteiger partial charge is 0.220 e. The Morgan fingerprint density at radius 1 is 1.16 bits per heavy atom. The maximum absolute atomic E-state index is 11.5. The summed E-state index contributed by atoms with van der Waals surface area (Å²) in [6.45, 7) is 7.58. The Hall–Kier alpha value is -0.570. The standard InChI is InChI=1S/C18H35N5O.HI/c1-4-22-10-6-5-7-16(22)14-21-18(20-3)23-11-8-15(9-12-23)13-17(24)19-2;/h15-16H,4-14H2,1-3H3,(H,19,24)(H,20,21);1H. The molecule has 2 saturated heterocycles. The predicted molar refractivity (Wildman–Crippen MR) is 115 cm³/mol. The quantitative estimate of drug-likeness (QED) is 0.370. The summed E-state index contributed by atoms with van der Waals surface area (Å²) in [6, 6.07) is 0.631. The monoisotopic (exact) mass is 465 g/mol. The lowest BCUT2D eigenvalue weighted by Crippen LogP contribution is -2.51. The average Bonchev–Trinajstić information content (AvgIpc) is 2.63. The summed E-state index contributed by atoms with van der Waals surface area (Å²) in [6.07, 6.45) is 6.75. The number of likely N-dealkylation sites (N-methyl/N-ethyl adjacent to an activating group) is 1. The number of halogens is 1. The summed E-state index contributed by atoms with van der Waals surface area (Å²) in [4.78, 5) is 20.9. The second-order valence-corrected chi connectivity index (χ2v) is 7.01. The zero-order valence-corrected chi connectivity index (χ0v) is 18.4. The van der Waals surface area contributed by atoms with Crippen molar-refractivity contribution in [3.63, 3.8) is 0 Å². The minimum atomic E-state index is 0. The van der Waals surface area contributed by atoms with Crippen LogP contribution in [0.3, 0.4) is 0 Å². The van der Waals surface area contributed by atoms with E-state index in [1.807, 2.05) is 7.05 Å². The van der Waals surface area contributed by atoms with Gasteiger partial charge in [-0.2, -0.15) is 0 Å². The van der Waals surface area contributed by atoms with Crippen molar-refractivity contribution in [3.05, 3.63) is 0 Å². The zero-order valence-electron chi connectivity index (χ0n) is 16.1. The second-order valence-electron chi connectivity index (χ2n) is 7.01. The SMILES string of the molecule is CCN1CCCCC1CNC(=NC)N1CCC(CC(=O)NC)CC1.I. The molecule has 2 fully saturated rings. The molecule has 0 aromatic carbocycles. The highest BCUT2D eigenvalue weighted by Gasteiger charge is 2.25. The van der Waals surface area contributed by atoms with Gasteiger partial charge in [0.1, 0.15) is 0 Å². The largest absolute Gasteiger partial charge is 0.359 e. The van der Waals surface area contributed by atoms with Crippen molar-refractivity contribution < 1.29 is 4.79 Å². The lowest BCUT2D eigenvalue weighted by Gasteiger charge is -2.37. The third-order valence-electron chi connectivity index (χ3n) is 5.53. The third kappa shape index (κ3) is 6.92. The fourth-order valence-electron chi connectivity index (χ4n) is 3.96. The molecule has 2 heterocycles. The molecule has 1 amide bonds. The lowest BCUT2D eigenvalue weighted by molar-refractivity contribution is -0.121. The van der Waals surface area contributed by atoms with E-state index in [1.165, 1.54) is 25.8 Å². The first-order valence-corrected chi connectivity index (χ1v) is 9.58. The molecule has 1 atom stereocenters. The minimum Gasteiger partial charge on any atom is -0.359 e. The van der Waals surface area contributed by atoms with Crippen LogP contribution in [0.2, 0.25) is 0 Å². The molecule has 0 bridgehead atoms. The lowest BCUT2D eigenvalue weighted by atomic mass is 9.93. The van der Waals surface area contributed by atoms with Crippen molar-refractivity contribution >= 4 is 35.8 Å². The van der Waals surface area contributed by atoms with Gasteiger partial charge in [0, 0.05) is 46.2 Å².